The van der Waals surface area contributed by atoms with Gasteiger partial charge < -0.3 is 5.11 Å². The number of carboxylic acid groups (broad SMARTS) is 1. The number of aliphatic carboxylic acids is 1. The molecule has 4 heteroatoms. The molecule has 2 rings (SSSR count). The van der Waals surface area contributed by atoms with E-state index >= 15 is 0 Å². The van der Waals surface area contributed by atoms with E-state index < -0.39 is 11.4 Å². The first-order chi connectivity index (χ1) is 8.33. The summed E-state index contributed by atoms with van der Waals surface area (Å²) < 4.78 is 1.84. The zero-order valence-electron chi connectivity index (χ0n) is 11.2. The van der Waals surface area contributed by atoms with Gasteiger partial charge in [-0.3, -0.25) is 9.48 Å². The van der Waals surface area contributed by atoms with Gasteiger partial charge in [0.2, 0.25) is 0 Å². The SMILES string of the molecule is Cc1nn(C)c2cccc(CC(C)(C)C(=O)O)c12. The van der Waals surface area contributed by atoms with E-state index in [0.717, 1.165) is 22.2 Å². The van der Waals surface area contributed by atoms with Crippen LogP contribution in [0, 0.1) is 12.3 Å². The van der Waals surface area contributed by atoms with Crippen LogP contribution in [0.15, 0.2) is 18.2 Å². The van der Waals surface area contributed by atoms with Crippen LogP contribution in [-0.4, -0.2) is 20.9 Å². The highest BCUT2D eigenvalue weighted by atomic mass is 16.4. The van der Waals surface area contributed by atoms with Gasteiger partial charge in [-0.1, -0.05) is 12.1 Å². The normalized spacial score (nSPS) is 12.0. The number of hydrogen-bond donors (Lipinski definition) is 1. The molecule has 18 heavy (non-hydrogen) atoms. The number of fused-ring (bicyclic) bond motifs is 1. The predicted octanol–water partition coefficient (Wildman–Crippen LogP) is 2.54. The number of aryl methyl sites for hydroxylation is 2. The maximum Gasteiger partial charge on any atom is 0.309 e. The predicted molar refractivity (Wildman–Crippen MR) is 70.6 cm³/mol. The lowest BCUT2D eigenvalue weighted by atomic mass is 9.84. The number of nitrogens with zero attached hydrogens (tertiary/aromatic N) is 2. The minimum Gasteiger partial charge on any atom is -0.481 e. The van der Waals surface area contributed by atoms with Gasteiger partial charge in [-0.2, -0.15) is 5.10 Å². The summed E-state index contributed by atoms with van der Waals surface area (Å²) in [4.78, 5) is 11.2. The van der Waals surface area contributed by atoms with E-state index in [4.69, 9.17) is 0 Å². The Labute approximate surface area is 106 Å². The van der Waals surface area contributed by atoms with Crippen LogP contribution in [0.4, 0.5) is 0 Å². The highest BCUT2D eigenvalue weighted by Crippen LogP contribution is 2.28. The van der Waals surface area contributed by atoms with E-state index in [1.54, 1.807) is 13.8 Å². The topological polar surface area (TPSA) is 55.1 Å². The average Bonchev–Trinajstić information content (AvgIpc) is 2.55. The van der Waals surface area contributed by atoms with Crippen LogP contribution in [-0.2, 0) is 18.3 Å². The summed E-state index contributed by atoms with van der Waals surface area (Å²) in [6.45, 7) is 5.46. The highest BCUT2D eigenvalue weighted by molar-refractivity contribution is 5.86. The van der Waals surface area contributed by atoms with Crippen molar-refractivity contribution in [1.82, 2.24) is 9.78 Å². The fourth-order valence-electron chi connectivity index (χ4n) is 2.30. The van der Waals surface area contributed by atoms with Crippen molar-refractivity contribution in [2.24, 2.45) is 12.5 Å². The second kappa shape index (κ2) is 4.12. The van der Waals surface area contributed by atoms with Crippen LogP contribution >= 0.6 is 0 Å². The first kappa shape index (κ1) is 12.6. The summed E-state index contributed by atoms with van der Waals surface area (Å²) in [5, 5.41) is 14.7. The molecule has 4 nitrogen and oxygen atoms in total. The summed E-state index contributed by atoms with van der Waals surface area (Å²) >= 11 is 0. The van der Waals surface area contributed by atoms with Gasteiger partial charge in [0.05, 0.1) is 16.6 Å². The molecule has 96 valence electrons. The smallest absolute Gasteiger partial charge is 0.309 e. The van der Waals surface area contributed by atoms with Gasteiger partial charge >= 0.3 is 5.97 Å². The zero-order valence-corrected chi connectivity index (χ0v) is 11.2. The molecule has 0 spiro atoms. The van der Waals surface area contributed by atoms with Gasteiger partial charge in [0, 0.05) is 12.4 Å². The van der Waals surface area contributed by atoms with Crippen molar-refractivity contribution in [3.8, 4) is 0 Å². The van der Waals surface area contributed by atoms with Gasteiger partial charge in [-0.25, -0.2) is 0 Å². The summed E-state index contributed by atoms with van der Waals surface area (Å²) in [6, 6.07) is 5.95. The van der Waals surface area contributed by atoms with Crippen LogP contribution in [0.5, 0.6) is 0 Å². The minimum absolute atomic E-state index is 0.506. The van der Waals surface area contributed by atoms with Crippen LogP contribution in [0.3, 0.4) is 0 Å². The van der Waals surface area contributed by atoms with Gasteiger partial charge in [0.1, 0.15) is 0 Å². The fourth-order valence-corrected chi connectivity index (χ4v) is 2.30. The van der Waals surface area contributed by atoms with E-state index in [2.05, 4.69) is 5.10 Å². The maximum absolute atomic E-state index is 11.2. The molecule has 0 aliphatic heterocycles. The molecule has 0 saturated heterocycles. The largest absolute Gasteiger partial charge is 0.481 e. The molecule has 0 fully saturated rings. The Balaban J connectivity index is 2.56. The molecular formula is C14H18N2O2. The Morgan fingerprint density at radius 1 is 1.44 bits per heavy atom. The van der Waals surface area contributed by atoms with Crippen molar-refractivity contribution in [3.05, 3.63) is 29.5 Å². The molecule has 0 amide bonds. The lowest BCUT2D eigenvalue weighted by Gasteiger charge is -2.19. The Morgan fingerprint density at radius 2 is 2.11 bits per heavy atom. The van der Waals surface area contributed by atoms with Crippen molar-refractivity contribution in [3.63, 3.8) is 0 Å². The summed E-state index contributed by atoms with van der Waals surface area (Å²) in [6.07, 6.45) is 0.506. The number of aromatic nitrogens is 2. The van der Waals surface area contributed by atoms with Crippen molar-refractivity contribution >= 4 is 16.9 Å². The lowest BCUT2D eigenvalue weighted by molar-refractivity contribution is -0.146. The van der Waals surface area contributed by atoms with Crippen LogP contribution < -0.4 is 0 Å². The molecule has 0 bridgehead atoms. The number of rotatable bonds is 3. The number of carboxylic acids is 1. The van der Waals surface area contributed by atoms with Crippen molar-refractivity contribution in [2.75, 3.05) is 0 Å². The summed E-state index contributed by atoms with van der Waals surface area (Å²) in [7, 11) is 1.90. The first-order valence-corrected chi connectivity index (χ1v) is 5.97. The van der Waals surface area contributed by atoms with E-state index in [9.17, 15) is 9.90 Å². The number of carbonyl (C=O) groups is 1. The van der Waals surface area contributed by atoms with Gasteiger partial charge in [-0.15, -0.1) is 0 Å². The third-order valence-electron chi connectivity index (χ3n) is 3.35. The Bertz CT molecular complexity index is 612. The fraction of sp³-hybridized carbons (Fsp3) is 0.429. The molecule has 2 aromatic rings. The van der Waals surface area contributed by atoms with E-state index in [-0.39, 0.29) is 0 Å². The Kier molecular flexibility index (Phi) is 2.89. The Morgan fingerprint density at radius 3 is 2.72 bits per heavy atom. The van der Waals surface area contributed by atoms with Crippen LogP contribution in [0.25, 0.3) is 10.9 Å². The molecular weight excluding hydrogens is 228 g/mol. The van der Waals surface area contributed by atoms with Crippen molar-refractivity contribution < 1.29 is 9.90 Å². The molecule has 0 aliphatic carbocycles. The molecule has 0 saturated carbocycles. The van der Waals surface area contributed by atoms with Gasteiger partial charge in [0.25, 0.3) is 0 Å². The molecule has 0 aliphatic rings. The van der Waals surface area contributed by atoms with Crippen molar-refractivity contribution in [1.29, 1.82) is 0 Å². The number of benzene rings is 1. The zero-order chi connectivity index (χ0) is 13.5. The Hall–Kier alpha value is -1.84. The summed E-state index contributed by atoms with van der Waals surface area (Å²) in [5.41, 5.74) is 2.28. The third-order valence-corrected chi connectivity index (χ3v) is 3.35. The monoisotopic (exact) mass is 246 g/mol. The molecule has 0 unspecified atom stereocenters. The molecule has 1 heterocycles. The quantitative estimate of drug-likeness (QED) is 0.905. The molecule has 1 aromatic heterocycles. The van der Waals surface area contributed by atoms with Gasteiger partial charge in [0.15, 0.2) is 0 Å². The van der Waals surface area contributed by atoms with Gasteiger partial charge in [-0.05, 0) is 38.8 Å². The standard InChI is InChI=1S/C14H18N2O2/c1-9-12-10(8-14(2,3)13(17)18)6-5-7-11(12)16(4)15-9/h5-7H,8H2,1-4H3,(H,17,18). The van der Waals surface area contributed by atoms with E-state index in [0.29, 0.717) is 6.42 Å². The maximum atomic E-state index is 11.2. The molecule has 0 atom stereocenters. The average molecular weight is 246 g/mol. The third kappa shape index (κ3) is 1.98. The van der Waals surface area contributed by atoms with E-state index in [1.165, 1.54) is 0 Å². The van der Waals surface area contributed by atoms with E-state index in [1.807, 2.05) is 36.9 Å². The molecule has 1 aromatic carbocycles. The van der Waals surface area contributed by atoms with Crippen LogP contribution in [0.2, 0.25) is 0 Å². The second-order valence-corrected chi connectivity index (χ2v) is 5.39. The first-order valence-electron chi connectivity index (χ1n) is 5.97. The number of hydrogen-bond acceptors (Lipinski definition) is 2. The molecule has 0 radical (unpaired) electrons. The summed E-state index contributed by atoms with van der Waals surface area (Å²) in [5.74, 6) is -0.777. The molecule has 1 N–H and O–H groups in total. The van der Waals surface area contributed by atoms with Crippen LogP contribution in [0.1, 0.15) is 25.1 Å². The van der Waals surface area contributed by atoms with Crippen molar-refractivity contribution in [2.45, 2.75) is 27.2 Å². The highest BCUT2D eigenvalue weighted by Gasteiger charge is 2.28. The lowest BCUT2D eigenvalue weighted by Crippen LogP contribution is -2.26. The second-order valence-electron chi connectivity index (χ2n) is 5.39. The minimum atomic E-state index is -0.777.